The second-order valence-electron chi connectivity index (χ2n) is 9.90. The van der Waals surface area contributed by atoms with Crippen molar-refractivity contribution >= 4 is 28.6 Å². The molecule has 0 unspecified atom stereocenters. The molecule has 1 aliphatic heterocycles. The molecule has 11 heteroatoms. The lowest BCUT2D eigenvalue weighted by Crippen LogP contribution is -2.44. The second kappa shape index (κ2) is 9.49. The van der Waals surface area contributed by atoms with E-state index in [9.17, 15) is 19.5 Å². The molecule has 38 heavy (non-hydrogen) atoms. The van der Waals surface area contributed by atoms with Crippen LogP contribution in [0.3, 0.4) is 0 Å². The van der Waals surface area contributed by atoms with Gasteiger partial charge in [-0.1, -0.05) is 12.1 Å². The quantitative estimate of drug-likeness (QED) is 0.396. The van der Waals surface area contributed by atoms with Gasteiger partial charge in [-0.05, 0) is 50.2 Å². The number of benzene rings is 2. The van der Waals surface area contributed by atoms with Gasteiger partial charge >= 0.3 is 11.4 Å². The first-order valence-corrected chi connectivity index (χ1v) is 12.4. The first kappa shape index (κ1) is 25.3. The van der Waals surface area contributed by atoms with Crippen molar-refractivity contribution < 1.29 is 5.11 Å². The number of anilines is 1. The summed E-state index contributed by atoms with van der Waals surface area (Å²) in [6.07, 6.45) is 1.27. The van der Waals surface area contributed by atoms with Crippen LogP contribution in [0.2, 0.25) is 0 Å². The summed E-state index contributed by atoms with van der Waals surface area (Å²) in [7, 11) is 5.50. The van der Waals surface area contributed by atoms with E-state index in [0.717, 1.165) is 53.1 Å². The van der Waals surface area contributed by atoms with Crippen LogP contribution < -0.4 is 21.8 Å². The van der Waals surface area contributed by atoms with Crippen molar-refractivity contribution in [3.63, 3.8) is 0 Å². The monoisotopic (exact) mass is 517 g/mol. The number of H-pyrrole nitrogens is 1. The molecular weight excluding hydrogens is 486 g/mol. The van der Waals surface area contributed by atoms with E-state index in [2.05, 4.69) is 26.8 Å². The van der Waals surface area contributed by atoms with Crippen molar-refractivity contribution in [3.05, 3.63) is 78.3 Å². The number of hydrogen-bond acceptors (Lipinski definition) is 7. The van der Waals surface area contributed by atoms with Gasteiger partial charge in [0, 0.05) is 46.5 Å². The van der Waals surface area contributed by atoms with Crippen LogP contribution in [0.1, 0.15) is 16.7 Å². The summed E-state index contributed by atoms with van der Waals surface area (Å²) < 4.78 is 4.22. The number of rotatable bonds is 4. The van der Waals surface area contributed by atoms with Gasteiger partial charge < -0.3 is 14.9 Å². The third kappa shape index (κ3) is 4.24. The van der Waals surface area contributed by atoms with Crippen molar-refractivity contribution in [2.24, 2.45) is 19.1 Å². The van der Waals surface area contributed by atoms with E-state index in [4.69, 9.17) is 0 Å². The lowest BCUT2D eigenvalue weighted by atomic mass is 10.1. The molecule has 3 heterocycles. The van der Waals surface area contributed by atoms with Crippen LogP contribution in [-0.2, 0) is 14.1 Å². The van der Waals surface area contributed by atoms with Gasteiger partial charge in [0.15, 0.2) is 0 Å². The van der Waals surface area contributed by atoms with Crippen LogP contribution in [0.5, 0.6) is 5.88 Å². The normalized spacial score (nSPS) is 14.7. The van der Waals surface area contributed by atoms with Gasteiger partial charge in [-0.25, -0.2) is 14.2 Å². The van der Waals surface area contributed by atoms with Gasteiger partial charge in [-0.2, -0.15) is 0 Å². The molecule has 4 aromatic rings. The number of fused-ring (bicyclic) bond motifs is 1. The van der Waals surface area contributed by atoms with Gasteiger partial charge in [0.1, 0.15) is 5.56 Å². The highest BCUT2D eigenvalue weighted by molar-refractivity contribution is 5.92. The average molecular weight is 518 g/mol. The zero-order chi connectivity index (χ0) is 27.3. The Labute approximate surface area is 218 Å². The largest absolute Gasteiger partial charge is 0.493 e. The van der Waals surface area contributed by atoms with E-state index < -0.39 is 17.1 Å². The molecule has 0 amide bonds. The molecule has 0 spiro atoms. The minimum absolute atomic E-state index is 0.142. The standard InChI is InChI=1S/C27H31N7O4/c1-16-6-7-17(2)20(12-16)34-25(36)18(24(35)29-26(34)37)15-28-19-13-22-23(32(5)27(38)31(22)4)14-21(19)33-10-8-30(3)9-11-33/h6-7,12-15,36H,8-11H2,1-5H3,(H,29,35,37). The van der Waals surface area contributed by atoms with Gasteiger partial charge in [0.25, 0.3) is 5.56 Å². The summed E-state index contributed by atoms with van der Waals surface area (Å²) in [6, 6.07) is 9.27. The predicted octanol–water partition coefficient (Wildman–Crippen LogP) is 1.54. The summed E-state index contributed by atoms with van der Waals surface area (Å²) in [6.45, 7) is 6.99. The second-order valence-corrected chi connectivity index (χ2v) is 9.90. The third-order valence-corrected chi connectivity index (χ3v) is 7.27. The molecular formula is C27H31N7O4. The Bertz CT molecular complexity index is 1770. The Morgan fingerprint density at radius 1 is 0.895 bits per heavy atom. The molecule has 0 saturated carbocycles. The van der Waals surface area contributed by atoms with Crippen LogP contribution in [-0.4, -0.2) is 68.1 Å². The summed E-state index contributed by atoms with van der Waals surface area (Å²) >= 11 is 0. The van der Waals surface area contributed by atoms with Crippen molar-refractivity contribution in [2.45, 2.75) is 13.8 Å². The fourth-order valence-corrected chi connectivity index (χ4v) is 4.90. The van der Waals surface area contributed by atoms with Gasteiger partial charge in [0.05, 0.1) is 28.1 Å². The molecule has 1 saturated heterocycles. The lowest BCUT2D eigenvalue weighted by Gasteiger charge is -2.34. The number of likely N-dealkylation sites (N-methyl/N-ethyl adjacent to an activating group) is 1. The molecule has 2 N–H and O–H groups in total. The number of piperazine rings is 1. The third-order valence-electron chi connectivity index (χ3n) is 7.27. The van der Waals surface area contributed by atoms with Crippen LogP contribution in [0.15, 0.2) is 49.7 Å². The Kier molecular flexibility index (Phi) is 6.31. The fourth-order valence-electron chi connectivity index (χ4n) is 4.90. The van der Waals surface area contributed by atoms with Crippen molar-refractivity contribution in [2.75, 3.05) is 38.1 Å². The highest BCUT2D eigenvalue weighted by Gasteiger charge is 2.21. The highest BCUT2D eigenvalue weighted by atomic mass is 16.3. The molecule has 0 bridgehead atoms. The molecule has 11 nitrogen and oxygen atoms in total. The first-order valence-electron chi connectivity index (χ1n) is 12.4. The van der Waals surface area contributed by atoms with Crippen molar-refractivity contribution in [3.8, 4) is 11.6 Å². The molecule has 0 atom stereocenters. The molecule has 1 fully saturated rings. The Hall–Kier alpha value is -4.38. The van der Waals surface area contributed by atoms with Crippen molar-refractivity contribution in [1.29, 1.82) is 0 Å². The SMILES string of the molecule is Cc1ccc(C)c(-n2c(O)c(C=Nc3cc4c(cc3N3CCN(C)CC3)n(C)c(=O)n4C)c(=O)[nH]c2=O)c1. The molecule has 2 aromatic carbocycles. The van der Waals surface area contributed by atoms with Crippen LogP contribution >= 0.6 is 0 Å². The van der Waals surface area contributed by atoms with E-state index in [0.29, 0.717) is 16.9 Å². The molecule has 2 aromatic heterocycles. The zero-order valence-electron chi connectivity index (χ0n) is 22.1. The number of nitrogens with one attached hydrogen (secondary N) is 1. The summed E-state index contributed by atoms with van der Waals surface area (Å²) in [5.41, 5.74) is 3.19. The van der Waals surface area contributed by atoms with E-state index in [1.54, 1.807) is 29.3 Å². The Balaban J connectivity index is 1.68. The minimum Gasteiger partial charge on any atom is -0.493 e. The molecule has 0 aliphatic carbocycles. The van der Waals surface area contributed by atoms with Crippen LogP contribution in [0.4, 0.5) is 11.4 Å². The molecule has 0 radical (unpaired) electrons. The van der Waals surface area contributed by atoms with E-state index in [1.807, 2.05) is 38.1 Å². The smallest absolute Gasteiger partial charge is 0.335 e. The lowest BCUT2D eigenvalue weighted by molar-refractivity contribution is 0.313. The van der Waals surface area contributed by atoms with E-state index in [-0.39, 0.29) is 11.3 Å². The Morgan fingerprint density at radius 3 is 2.24 bits per heavy atom. The predicted molar refractivity (Wildman–Crippen MR) is 149 cm³/mol. The number of aromatic hydroxyl groups is 1. The van der Waals surface area contributed by atoms with Crippen LogP contribution in [0, 0.1) is 13.8 Å². The summed E-state index contributed by atoms with van der Waals surface area (Å²) in [5, 5.41) is 11.1. The van der Waals surface area contributed by atoms with E-state index >= 15 is 0 Å². The first-order chi connectivity index (χ1) is 18.1. The number of aliphatic imine (C=N–C) groups is 1. The summed E-state index contributed by atoms with van der Waals surface area (Å²) in [4.78, 5) is 49.5. The fraction of sp³-hybridized carbons (Fsp3) is 0.333. The summed E-state index contributed by atoms with van der Waals surface area (Å²) in [5.74, 6) is -0.495. The van der Waals surface area contributed by atoms with Gasteiger partial charge in [-0.15, -0.1) is 0 Å². The van der Waals surface area contributed by atoms with Gasteiger partial charge in [-0.3, -0.25) is 23.9 Å². The highest BCUT2D eigenvalue weighted by Crippen LogP contribution is 2.34. The topological polar surface area (TPSA) is 121 Å². The number of aryl methyl sites for hydroxylation is 4. The minimum atomic E-state index is -0.743. The molecule has 198 valence electrons. The maximum atomic E-state index is 12.8. The maximum Gasteiger partial charge on any atom is 0.335 e. The maximum absolute atomic E-state index is 12.8. The van der Waals surface area contributed by atoms with Gasteiger partial charge in [0.2, 0.25) is 5.88 Å². The average Bonchev–Trinajstić information content (AvgIpc) is 3.09. The molecule has 5 rings (SSSR count). The van der Waals surface area contributed by atoms with Crippen molar-refractivity contribution in [1.82, 2.24) is 23.6 Å². The molecule has 1 aliphatic rings. The van der Waals surface area contributed by atoms with Crippen LogP contribution in [0.25, 0.3) is 16.7 Å². The number of hydrogen-bond donors (Lipinski definition) is 2. The number of aromatic nitrogens is 4. The number of nitrogens with zero attached hydrogens (tertiary/aromatic N) is 6. The Morgan fingerprint density at radius 2 is 1.55 bits per heavy atom. The number of aromatic amines is 1. The van der Waals surface area contributed by atoms with E-state index in [1.165, 1.54) is 6.21 Å². The number of imidazole rings is 1. The zero-order valence-corrected chi connectivity index (χ0v) is 22.1.